The molecule has 0 amide bonds. The highest BCUT2D eigenvalue weighted by atomic mass is 32.2. The fraction of sp³-hybridized carbons (Fsp3) is 0.846. The van der Waals surface area contributed by atoms with Crippen LogP contribution in [-0.2, 0) is 4.74 Å². The number of hydrogen-bond acceptors (Lipinski definition) is 7. The summed E-state index contributed by atoms with van der Waals surface area (Å²) in [4.78, 5) is 6.82. The summed E-state index contributed by atoms with van der Waals surface area (Å²) in [6.07, 6.45) is 0.645. The van der Waals surface area contributed by atoms with E-state index in [1.54, 1.807) is 11.8 Å². The smallest absolute Gasteiger partial charge is 0.233 e. The number of ether oxygens (including phenoxy) is 1. The van der Waals surface area contributed by atoms with Gasteiger partial charge in [0.05, 0.1) is 18.6 Å². The minimum atomic E-state index is -0.378. The molecule has 3 unspecified atom stereocenters. The van der Waals surface area contributed by atoms with E-state index in [-0.39, 0.29) is 18.1 Å². The summed E-state index contributed by atoms with van der Waals surface area (Å²) in [7, 11) is 0. The number of aromatic nitrogens is 2. The van der Waals surface area contributed by atoms with Crippen LogP contribution in [0.3, 0.4) is 0 Å². The standard InChI is InChI=1S/C13H21N3O3S/c1-2-3-16-4-5-18-11(6-16)12-14-13(19-15-12)9-7-20-8-10(9)17/h9-11,17H,2-8H2,1H3. The van der Waals surface area contributed by atoms with Gasteiger partial charge in [0.15, 0.2) is 0 Å². The summed E-state index contributed by atoms with van der Waals surface area (Å²) in [5, 5.41) is 13.9. The van der Waals surface area contributed by atoms with Gasteiger partial charge >= 0.3 is 0 Å². The Morgan fingerprint density at radius 3 is 3.10 bits per heavy atom. The van der Waals surface area contributed by atoms with Gasteiger partial charge in [-0.25, -0.2) is 0 Å². The number of nitrogens with zero attached hydrogens (tertiary/aromatic N) is 3. The van der Waals surface area contributed by atoms with Gasteiger partial charge in [0.25, 0.3) is 0 Å². The lowest BCUT2D eigenvalue weighted by atomic mass is 10.1. The number of rotatable bonds is 4. The largest absolute Gasteiger partial charge is 0.391 e. The van der Waals surface area contributed by atoms with Crippen molar-refractivity contribution in [3.05, 3.63) is 11.7 Å². The Kier molecular flexibility index (Phi) is 4.60. The van der Waals surface area contributed by atoms with E-state index in [1.807, 2.05) is 0 Å². The van der Waals surface area contributed by atoms with E-state index in [2.05, 4.69) is 22.0 Å². The average molecular weight is 299 g/mol. The second-order valence-electron chi connectivity index (χ2n) is 5.36. The van der Waals surface area contributed by atoms with Gasteiger partial charge in [-0.3, -0.25) is 4.90 Å². The predicted octanol–water partition coefficient (Wildman–Crippen LogP) is 1.04. The fourth-order valence-corrected chi connectivity index (χ4v) is 3.91. The van der Waals surface area contributed by atoms with Gasteiger partial charge in [-0.15, -0.1) is 0 Å². The van der Waals surface area contributed by atoms with Crippen molar-refractivity contribution in [2.24, 2.45) is 0 Å². The minimum Gasteiger partial charge on any atom is -0.391 e. The Labute approximate surface area is 122 Å². The molecule has 20 heavy (non-hydrogen) atoms. The lowest BCUT2D eigenvalue weighted by molar-refractivity contribution is -0.0350. The van der Waals surface area contributed by atoms with Gasteiger partial charge in [-0.1, -0.05) is 12.1 Å². The molecule has 1 aromatic heterocycles. The van der Waals surface area contributed by atoms with Crippen molar-refractivity contribution in [3.63, 3.8) is 0 Å². The molecule has 1 N–H and O–H groups in total. The molecule has 3 rings (SSSR count). The maximum atomic E-state index is 9.89. The molecule has 0 bridgehead atoms. The second-order valence-corrected chi connectivity index (χ2v) is 6.44. The zero-order valence-corrected chi connectivity index (χ0v) is 12.5. The third kappa shape index (κ3) is 3.00. The van der Waals surface area contributed by atoms with E-state index in [0.29, 0.717) is 18.3 Å². The summed E-state index contributed by atoms with van der Waals surface area (Å²) < 4.78 is 11.1. The maximum Gasteiger partial charge on any atom is 0.233 e. The van der Waals surface area contributed by atoms with Crippen molar-refractivity contribution in [1.82, 2.24) is 15.0 Å². The van der Waals surface area contributed by atoms with Gasteiger partial charge in [0.2, 0.25) is 11.7 Å². The lowest BCUT2D eigenvalue weighted by Crippen LogP contribution is -2.39. The van der Waals surface area contributed by atoms with Crippen LogP contribution in [0.15, 0.2) is 4.52 Å². The Morgan fingerprint density at radius 1 is 1.45 bits per heavy atom. The number of hydrogen-bond donors (Lipinski definition) is 1. The molecule has 0 aromatic carbocycles. The van der Waals surface area contributed by atoms with Crippen molar-refractivity contribution in [3.8, 4) is 0 Å². The summed E-state index contributed by atoms with van der Waals surface area (Å²) in [6.45, 7) is 5.73. The Morgan fingerprint density at radius 2 is 2.35 bits per heavy atom. The molecule has 3 atom stereocenters. The monoisotopic (exact) mass is 299 g/mol. The molecular weight excluding hydrogens is 278 g/mol. The highest BCUT2D eigenvalue weighted by Crippen LogP contribution is 2.32. The van der Waals surface area contributed by atoms with Crippen molar-refractivity contribution < 1.29 is 14.4 Å². The number of thioether (sulfide) groups is 1. The Bertz CT molecular complexity index is 440. The molecule has 1 aromatic rings. The minimum absolute atomic E-state index is 0.0309. The van der Waals surface area contributed by atoms with Crippen molar-refractivity contribution in [2.45, 2.75) is 31.5 Å². The summed E-state index contributed by atoms with van der Waals surface area (Å²) >= 11 is 1.72. The molecule has 0 aliphatic carbocycles. The normalized spacial score (nSPS) is 31.8. The molecule has 0 saturated carbocycles. The summed E-state index contributed by atoms with van der Waals surface area (Å²) in [5.74, 6) is 2.72. The number of aliphatic hydroxyl groups is 1. The Hall–Kier alpha value is -0.630. The summed E-state index contributed by atoms with van der Waals surface area (Å²) in [5.41, 5.74) is 0. The van der Waals surface area contributed by atoms with E-state index in [9.17, 15) is 5.11 Å². The van der Waals surface area contributed by atoms with Crippen molar-refractivity contribution in [2.75, 3.05) is 37.7 Å². The maximum absolute atomic E-state index is 9.89. The first kappa shape index (κ1) is 14.3. The van der Waals surface area contributed by atoms with Gasteiger partial charge < -0.3 is 14.4 Å². The van der Waals surface area contributed by atoms with Crippen LogP contribution in [0.2, 0.25) is 0 Å². The second kappa shape index (κ2) is 6.43. The SMILES string of the molecule is CCCN1CCOC(c2noc(C3CSCC3O)n2)C1. The highest BCUT2D eigenvalue weighted by molar-refractivity contribution is 7.99. The molecule has 2 saturated heterocycles. The van der Waals surface area contributed by atoms with Crippen LogP contribution in [0, 0.1) is 0 Å². The van der Waals surface area contributed by atoms with Crippen molar-refractivity contribution >= 4 is 11.8 Å². The van der Waals surface area contributed by atoms with Crippen LogP contribution in [0.25, 0.3) is 0 Å². The zero-order valence-electron chi connectivity index (χ0n) is 11.7. The topological polar surface area (TPSA) is 71.6 Å². The van der Waals surface area contributed by atoms with Crippen LogP contribution < -0.4 is 0 Å². The molecule has 7 heteroatoms. The van der Waals surface area contributed by atoms with Crippen LogP contribution in [0.1, 0.15) is 37.1 Å². The average Bonchev–Trinajstić information content (AvgIpc) is 3.08. The number of morpholine rings is 1. The number of aliphatic hydroxyl groups excluding tert-OH is 1. The molecule has 3 heterocycles. The fourth-order valence-electron chi connectivity index (χ4n) is 2.69. The van der Waals surface area contributed by atoms with Gasteiger partial charge in [-0.2, -0.15) is 16.7 Å². The molecule has 112 valence electrons. The van der Waals surface area contributed by atoms with E-state index >= 15 is 0 Å². The first-order valence-electron chi connectivity index (χ1n) is 7.21. The molecule has 2 aliphatic rings. The van der Waals surface area contributed by atoms with Crippen LogP contribution in [0.5, 0.6) is 0 Å². The quantitative estimate of drug-likeness (QED) is 0.890. The predicted molar refractivity (Wildman–Crippen MR) is 75.8 cm³/mol. The molecule has 2 fully saturated rings. The van der Waals surface area contributed by atoms with E-state index in [4.69, 9.17) is 9.26 Å². The van der Waals surface area contributed by atoms with E-state index < -0.39 is 0 Å². The molecular formula is C13H21N3O3S. The third-order valence-electron chi connectivity index (χ3n) is 3.80. The first-order valence-corrected chi connectivity index (χ1v) is 8.36. The lowest BCUT2D eigenvalue weighted by Gasteiger charge is -2.30. The van der Waals surface area contributed by atoms with Crippen LogP contribution in [0.4, 0.5) is 0 Å². The molecule has 6 nitrogen and oxygen atoms in total. The zero-order chi connectivity index (χ0) is 13.9. The third-order valence-corrected chi connectivity index (χ3v) is 4.98. The molecule has 0 spiro atoms. The van der Waals surface area contributed by atoms with Crippen molar-refractivity contribution in [1.29, 1.82) is 0 Å². The van der Waals surface area contributed by atoms with Gasteiger partial charge in [0.1, 0.15) is 6.10 Å². The molecule has 0 radical (unpaired) electrons. The highest BCUT2D eigenvalue weighted by Gasteiger charge is 2.33. The molecule has 2 aliphatic heterocycles. The van der Waals surface area contributed by atoms with Crippen LogP contribution >= 0.6 is 11.8 Å². The Balaban J connectivity index is 1.66. The van der Waals surface area contributed by atoms with Gasteiger partial charge in [0, 0.05) is 24.6 Å². The van der Waals surface area contributed by atoms with E-state index in [0.717, 1.165) is 37.6 Å². The summed E-state index contributed by atoms with van der Waals surface area (Å²) in [6, 6.07) is 0. The van der Waals surface area contributed by atoms with Gasteiger partial charge in [-0.05, 0) is 13.0 Å². The van der Waals surface area contributed by atoms with E-state index in [1.165, 1.54) is 0 Å². The van der Waals surface area contributed by atoms with Crippen LogP contribution in [-0.4, -0.2) is 64.0 Å². The first-order chi connectivity index (χ1) is 9.78.